The Morgan fingerprint density at radius 2 is 2.26 bits per heavy atom. The summed E-state index contributed by atoms with van der Waals surface area (Å²) in [5, 5.41) is 17.1. The minimum absolute atomic E-state index is 0.104. The Bertz CT molecular complexity index is 658. The summed E-state index contributed by atoms with van der Waals surface area (Å²) in [5.41, 5.74) is 0.969. The third-order valence-electron chi connectivity index (χ3n) is 4.03. The Labute approximate surface area is 134 Å². The first-order chi connectivity index (χ1) is 11.1. The number of hydrogen-bond acceptors (Lipinski definition) is 5. The van der Waals surface area contributed by atoms with Crippen LogP contribution in [0.4, 0.5) is 5.82 Å². The van der Waals surface area contributed by atoms with Crippen molar-refractivity contribution in [3.05, 3.63) is 42.4 Å². The lowest BCUT2D eigenvalue weighted by molar-refractivity contribution is -0.117. The first-order valence-corrected chi connectivity index (χ1v) is 7.70. The van der Waals surface area contributed by atoms with Crippen LogP contribution in [0.5, 0.6) is 0 Å². The number of rotatable bonds is 5. The number of aliphatic hydroxyl groups is 1. The predicted octanol–water partition coefficient (Wildman–Crippen LogP) is 0.289. The summed E-state index contributed by atoms with van der Waals surface area (Å²) in [6.07, 6.45) is 3.83. The minimum atomic E-state index is -0.431. The molecule has 3 heterocycles. The van der Waals surface area contributed by atoms with Crippen molar-refractivity contribution in [3.8, 4) is 0 Å². The van der Waals surface area contributed by atoms with E-state index < -0.39 is 6.10 Å². The molecule has 0 bridgehead atoms. The second kappa shape index (κ2) is 6.89. The average molecular weight is 315 g/mol. The number of carbonyl (C=O) groups excluding carboxylic acids is 1. The summed E-state index contributed by atoms with van der Waals surface area (Å²) >= 11 is 0. The number of aliphatic hydroxyl groups excluding tert-OH is 1. The lowest BCUT2D eigenvalue weighted by Gasteiger charge is -2.14. The molecule has 1 aliphatic heterocycles. The molecule has 1 amide bonds. The molecule has 0 unspecified atom stereocenters. The van der Waals surface area contributed by atoms with E-state index in [1.165, 1.54) is 0 Å². The Hall–Kier alpha value is -2.25. The number of hydrogen-bond donors (Lipinski definition) is 2. The van der Waals surface area contributed by atoms with Gasteiger partial charge in [0.05, 0.1) is 12.6 Å². The fraction of sp³-hybridized carbons (Fsp3) is 0.438. The molecule has 0 saturated carbocycles. The maximum absolute atomic E-state index is 12.1. The van der Waals surface area contributed by atoms with Crippen LogP contribution in [0.15, 0.2) is 36.7 Å². The Balaban J connectivity index is 1.51. The molecule has 7 nitrogen and oxygen atoms in total. The lowest BCUT2D eigenvalue weighted by Crippen LogP contribution is -2.32. The number of β-amino-alcohol motifs (C(OH)–C–C–N with tert-alkyl or cyclic N) is 1. The van der Waals surface area contributed by atoms with E-state index in [0.717, 1.165) is 12.1 Å². The maximum Gasteiger partial charge on any atom is 0.239 e. The van der Waals surface area contributed by atoms with Crippen LogP contribution in [-0.2, 0) is 18.3 Å². The smallest absolute Gasteiger partial charge is 0.239 e. The third-order valence-corrected chi connectivity index (χ3v) is 4.03. The van der Waals surface area contributed by atoms with Crippen LogP contribution < -0.4 is 5.32 Å². The third kappa shape index (κ3) is 4.14. The molecule has 1 fully saturated rings. The molecule has 2 N–H and O–H groups in total. The summed E-state index contributed by atoms with van der Waals surface area (Å²) in [6, 6.07) is 7.54. The van der Waals surface area contributed by atoms with Crippen LogP contribution in [0.2, 0.25) is 0 Å². The first-order valence-electron chi connectivity index (χ1n) is 7.70. The number of amides is 1. The molecule has 2 aromatic rings. The summed E-state index contributed by atoms with van der Waals surface area (Å²) in [7, 11) is 1.80. The number of likely N-dealkylation sites (tertiary alicyclic amines) is 1. The van der Waals surface area contributed by atoms with Gasteiger partial charge < -0.3 is 10.4 Å². The quantitative estimate of drug-likeness (QED) is 0.828. The maximum atomic E-state index is 12.1. The van der Waals surface area contributed by atoms with Gasteiger partial charge in [-0.25, -0.2) is 0 Å². The summed E-state index contributed by atoms with van der Waals surface area (Å²) < 4.78 is 1.64. The van der Waals surface area contributed by atoms with E-state index in [0.29, 0.717) is 18.9 Å². The van der Waals surface area contributed by atoms with E-state index >= 15 is 0 Å². The van der Waals surface area contributed by atoms with Crippen LogP contribution in [-0.4, -0.2) is 56.4 Å². The molecular weight excluding hydrogens is 294 g/mol. The van der Waals surface area contributed by atoms with Crippen molar-refractivity contribution in [1.82, 2.24) is 19.7 Å². The number of carbonyl (C=O) groups is 1. The van der Waals surface area contributed by atoms with Gasteiger partial charge in [0, 0.05) is 50.2 Å². The van der Waals surface area contributed by atoms with Crippen LogP contribution in [0.1, 0.15) is 5.69 Å². The highest BCUT2D eigenvalue weighted by molar-refractivity contribution is 5.91. The standard InChI is InChI=1S/C16H21N5O2/c1-20-7-5-15(19-20)18-16(23)11-21-9-12(14(22)10-21)8-13-4-2-3-6-17-13/h2-7,12,14,22H,8-11H2,1H3,(H,18,19,23)/t12-,14-/m1/s1. The van der Waals surface area contributed by atoms with Gasteiger partial charge in [-0.15, -0.1) is 0 Å². The van der Waals surface area contributed by atoms with E-state index in [9.17, 15) is 9.90 Å². The van der Waals surface area contributed by atoms with E-state index in [4.69, 9.17) is 0 Å². The van der Waals surface area contributed by atoms with Crippen molar-refractivity contribution < 1.29 is 9.90 Å². The second-order valence-electron chi connectivity index (χ2n) is 5.97. The van der Waals surface area contributed by atoms with Gasteiger partial charge in [0.2, 0.25) is 5.91 Å². The molecule has 0 aliphatic carbocycles. The first kappa shape index (κ1) is 15.6. The highest BCUT2D eigenvalue weighted by atomic mass is 16.3. The van der Waals surface area contributed by atoms with Crippen LogP contribution in [0.25, 0.3) is 0 Å². The minimum Gasteiger partial charge on any atom is -0.391 e. The number of pyridine rings is 1. The highest BCUT2D eigenvalue weighted by Crippen LogP contribution is 2.20. The Morgan fingerprint density at radius 1 is 1.39 bits per heavy atom. The molecule has 2 aromatic heterocycles. The fourth-order valence-electron chi connectivity index (χ4n) is 2.93. The molecule has 23 heavy (non-hydrogen) atoms. The normalized spacial score (nSPS) is 21.5. The Morgan fingerprint density at radius 3 is 2.96 bits per heavy atom. The molecule has 1 saturated heterocycles. The molecule has 122 valence electrons. The van der Waals surface area contributed by atoms with Crippen LogP contribution in [0, 0.1) is 5.92 Å². The number of aromatic nitrogens is 3. The van der Waals surface area contributed by atoms with Gasteiger partial charge in [0.15, 0.2) is 5.82 Å². The predicted molar refractivity (Wildman–Crippen MR) is 85.7 cm³/mol. The van der Waals surface area contributed by atoms with E-state index in [1.54, 1.807) is 30.2 Å². The number of aryl methyl sites for hydroxylation is 1. The van der Waals surface area contributed by atoms with Crippen molar-refractivity contribution in [2.75, 3.05) is 25.0 Å². The number of nitrogens with zero attached hydrogens (tertiary/aromatic N) is 4. The van der Waals surface area contributed by atoms with Gasteiger partial charge in [0.25, 0.3) is 0 Å². The SMILES string of the molecule is Cn1ccc(NC(=O)CN2C[C@@H](Cc3ccccn3)[C@H](O)C2)n1. The van der Waals surface area contributed by atoms with Crippen molar-refractivity contribution >= 4 is 11.7 Å². The summed E-state index contributed by atoms with van der Waals surface area (Å²) in [6.45, 7) is 1.45. The zero-order valence-corrected chi connectivity index (χ0v) is 13.1. The number of anilines is 1. The fourth-order valence-corrected chi connectivity index (χ4v) is 2.93. The van der Waals surface area contributed by atoms with Gasteiger partial charge in [-0.1, -0.05) is 6.07 Å². The molecule has 0 spiro atoms. The van der Waals surface area contributed by atoms with Gasteiger partial charge >= 0.3 is 0 Å². The molecule has 7 heteroatoms. The zero-order chi connectivity index (χ0) is 16.2. The van der Waals surface area contributed by atoms with Crippen molar-refractivity contribution in [2.45, 2.75) is 12.5 Å². The summed E-state index contributed by atoms with van der Waals surface area (Å²) in [4.78, 5) is 18.3. The van der Waals surface area contributed by atoms with Gasteiger partial charge in [-0.3, -0.25) is 19.4 Å². The molecule has 1 aliphatic rings. The van der Waals surface area contributed by atoms with Crippen LogP contribution >= 0.6 is 0 Å². The van der Waals surface area contributed by atoms with Crippen molar-refractivity contribution in [3.63, 3.8) is 0 Å². The van der Waals surface area contributed by atoms with Gasteiger partial charge in [-0.05, 0) is 18.6 Å². The van der Waals surface area contributed by atoms with Gasteiger partial charge in [0.1, 0.15) is 0 Å². The average Bonchev–Trinajstić information content (AvgIpc) is 3.06. The van der Waals surface area contributed by atoms with Crippen LogP contribution in [0.3, 0.4) is 0 Å². The monoisotopic (exact) mass is 315 g/mol. The Kier molecular flexibility index (Phi) is 4.68. The van der Waals surface area contributed by atoms with Crippen molar-refractivity contribution in [1.29, 1.82) is 0 Å². The zero-order valence-electron chi connectivity index (χ0n) is 13.1. The second-order valence-corrected chi connectivity index (χ2v) is 5.97. The van der Waals surface area contributed by atoms with E-state index in [1.807, 2.05) is 23.1 Å². The van der Waals surface area contributed by atoms with Crippen molar-refractivity contribution in [2.24, 2.45) is 13.0 Å². The molecule has 2 atom stereocenters. The molecule has 3 rings (SSSR count). The molecular formula is C16H21N5O2. The number of nitrogens with one attached hydrogen (secondary N) is 1. The molecule has 0 aromatic carbocycles. The highest BCUT2D eigenvalue weighted by Gasteiger charge is 2.32. The molecule has 0 radical (unpaired) electrons. The lowest BCUT2D eigenvalue weighted by atomic mass is 10.00. The van der Waals surface area contributed by atoms with E-state index in [-0.39, 0.29) is 18.4 Å². The van der Waals surface area contributed by atoms with Gasteiger partial charge in [-0.2, -0.15) is 5.10 Å². The topological polar surface area (TPSA) is 83.3 Å². The van der Waals surface area contributed by atoms with E-state index in [2.05, 4.69) is 15.4 Å². The summed E-state index contributed by atoms with van der Waals surface area (Å²) in [5.74, 6) is 0.532. The largest absolute Gasteiger partial charge is 0.391 e.